The smallest absolute Gasteiger partial charge is 0.390 e. The number of rotatable bonds is 9. The number of fused-ring (bicyclic) bond motifs is 1. The van der Waals surface area contributed by atoms with E-state index in [-0.39, 0.29) is 44.9 Å². The number of sulfone groups is 1. The number of aromatic amines is 1. The number of hydrogen-bond acceptors (Lipinski definition) is 7. The summed E-state index contributed by atoms with van der Waals surface area (Å²) in [7, 11) is -4.17. The molecule has 204 valence electrons. The van der Waals surface area contributed by atoms with Crippen molar-refractivity contribution in [3.05, 3.63) is 80.2 Å². The number of halogens is 1. The number of carbonyl (C=O) groups excluding carboxylic acids is 2. The van der Waals surface area contributed by atoms with Gasteiger partial charge in [0.15, 0.2) is 0 Å². The van der Waals surface area contributed by atoms with Gasteiger partial charge in [0.25, 0.3) is 5.91 Å². The second kappa shape index (κ2) is 10.9. The lowest BCUT2D eigenvalue weighted by molar-refractivity contribution is -0.396. The number of amides is 2. The third kappa shape index (κ3) is 5.78. The van der Waals surface area contributed by atoms with Gasteiger partial charge in [-0.3, -0.25) is 9.59 Å². The second-order valence-electron chi connectivity index (χ2n) is 8.99. The van der Waals surface area contributed by atoms with E-state index in [1.807, 2.05) is 6.07 Å². The molecule has 14 heteroatoms. The van der Waals surface area contributed by atoms with Crippen molar-refractivity contribution < 1.29 is 22.9 Å². The van der Waals surface area contributed by atoms with E-state index in [0.29, 0.717) is 11.2 Å². The number of H-pyrrole nitrogens is 1. The molecule has 2 heterocycles. The molecule has 39 heavy (non-hydrogen) atoms. The number of nitro groups is 1. The Hall–Kier alpha value is -4.23. The summed E-state index contributed by atoms with van der Waals surface area (Å²) in [6.07, 6.45) is 1.36. The minimum Gasteiger partial charge on any atom is -0.390 e. The Balaban J connectivity index is 1.54. The van der Waals surface area contributed by atoms with Crippen LogP contribution in [0.2, 0.25) is 5.02 Å². The molecular formula is C25H25ClN6O6S. The van der Waals surface area contributed by atoms with Crippen LogP contribution in [0.3, 0.4) is 0 Å². The van der Waals surface area contributed by atoms with Crippen molar-refractivity contribution in [2.75, 3.05) is 13.1 Å². The standard InChI is InChI=1S/C25H25ClN6O6S/c1-14-8-15(2)10-18(9-14)39(37,38)23-19-11-17(26)4-5-20(19)30-22(23)24(34)28-13-21(33)27-6-7-31-16(3)12-29-25(31)32(35)36/h4-5,8-12,30H,6-7,13H2,1-3H3,(H,27,33)(H,28,34). The van der Waals surface area contributed by atoms with Gasteiger partial charge in [0.05, 0.1) is 18.0 Å². The molecule has 0 aliphatic heterocycles. The Morgan fingerprint density at radius 3 is 2.46 bits per heavy atom. The number of benzene rings is 2. The van der Waals surface area contributed by atoms with Crippen molar-refractivity contribution in [3.8, 4) is 0 Å². The summed E-state index contributed by atoms with van der Waals surface area (Å²) in [5.74, 6) is -1.71. The van der Waals surface area contributed by atoms with Crippen LogP contribution >= 0.6 is 11.6 Å². The summed E-state index contributed by atoms with van der Waals surface area (Å²) in [5.41, 5.74) is 2.19. The van der Waals surface area contributed by atoms with Gasteiger partial charge in [0, 0.05) is 22.5 Å². The van der Waals surface area contributed by atoms with E-state index in [2.05, 4.69) is 20.6 Å². The highest BCUT2D eigenvalue weighted by Crippen LogP contribution is 2.34. The van der Waals surface area contributed by atoms with E-state index in [1.54, 1.807) is 32.9 Å². The Labute approximate surface area is 228 Å². The van der Waals surface area contributed by atoms with Crippen LogP contribution in [0.25, 0.3) is 10.9 Å². The Kier molecular flexibility index (Phi) is 7.74. The molecule has 2 aromatic heterocycles. The van der Waals surface area contributed by atoms with Gasteiger partial charge in [-0.1, -0.05) is 22.7 Å². The van der Waals surface area contributed by atoms with Gasteiger partial charge < -0.3 is 25.7 Å². The summed E-state index contributed by atoms with van der Waals surface area (Å²) in [4.78, 5) is 42.3. The molecular weight excluding hydrogens is 548 g/mol. The molecule has 0 aliphatic carbocycles. The highest BCUT2D eigenvalue weighted by Gasteiger charge is 2.30. The maximum absolute atomic E-state index is 13.8. The molecule has 0 bridgehead atoms. The lowest BCUT2D eigenvalue weighted by atomic mass is 10.2. The molecule has 2 aromatic carbocycles. The lowest BCUT2D eigenvalue weighted by Crippen LogP contribution is -2.38. The molecule has 0 fully saturated rings. The average Bonchev–Trinajstić information content (AvgIpc) is 3.42. The number of nitrogens with one attached hydrogen (secondary N) is 3. The first-order chi connectivity index (χ1) is 18.4. The molecule has 0 saturated carbocycles. The van der Waals surface area contributed by atoms with Crippen molar-refractivity contribution in [1.82, 2.24) is 25.2 Å². The van der Waals surface area contributed by atoms with E-state index in [4.69, 9.17) is 11.6 Å². The quantitative estimate of drug-likeness (QED) is 0.204. The fourth-order valence-corrected chi connectivity index (χ4v) is 6.23. The number of aromatic nitrogens is 3. The molecule has 0 saturated heterocycles. The second-order valence-corrected chi connectivity index (χ2v) is 11.3. The van der Waals surface area contributed by atoms with Crippen LogP contribution in [0, 0.1) is 30.9 Å². The average molecular weight is 573 g/mol. The number of carbonyl (C=O) groups is 2. The molecule has 0 unspecified atom stereocenters. The van der Waals surface area contributed by atoms with Crippen molar-refractivity contribution in [1.29, 1.82) is 0 Å². The maximum Gasteiger partial charge on any atom is 0.434 e. The van der Waals surface area contributed by atoms with E-state index < -0.39 is 33.1 Å². The minimum absolute atomic E-state index is 0.0246. The predicted octanol–water partition coefficient (Wildman–Crippen LogP) is 3.23. The fraction of sp³-hybridized carbons (Fsp3) is 0.240. The van der Waals surface area contributed by atoms with Crippen LogP contribution in [0.5, 0.6) is 0 Å². The predicted molar refractivity (Wildman–Crippen MR) is 144 cm³/mol. The monoisotopic (exact) mass is 572 g/mol. The van der Waals surface area contributed by atoms with Crippen LogP contribution in [-0.2, 0) is 21.2 Å². The van der Waals surface area contributed by atoms with Crippen molar-refractivity contribution >= 4 is 50.1 Å². The maximum atomic E-state index is 13.8. The van der Waals surface area contributed by atoms with E-state index in [1.165, 1.54) is 29.0 Å². The van der Waals surface area contributed by atoms with Crippen LogP contribution in [0.15, 0.2) is 52.4 Å². The largest absolute Gasteiger partial charge is 0.434 e. The summed E-state index contributed by atoms with van der Waals surface area (Å²) >= 11 is 6.15. The van der Waals surface area contributed by atoms with E-state index in [9.17, 15) is 28.1 Å². The first kappa shape index (κ1) is 27.8. The summed E-state index contributed by atoms with van der Waals surface area (Å²) in [6.45, 7) is 4.89. The van der Waals surface area contributed by atoms with Gasteiger partial charge in [-0.05, 0) is 67.2 Å². The Morgan fingerprint density at radius 1 is 1.10 bits per heavy atom. The van der Waals surface area contributed by atoms with Gasteiger partial charge in [-0.2, -0.15) is 0 Å². The van der Waals surface area contributed by atoms with E-state index in [0.717, 1.165) is 11.1 Å². The molecule has 0 radical (unpaired) electrons. The van der Waals surface area contributed by atoms with Crippen molar-refractivity contribution in [3.63, 3.8) is 0 Å². The topological polar surface area (TPSA) is 169 Å². The summed E-state index contributed by atoms with van der Waals surface area (Å²) in [5, 5.41) is 16.6. The van der Waals surface area contributed by atoms with Crippen LogP contribution in [0.1, 0.15) is 27.3 Å². The molecule has 3 N–H and O–H groups in total. The molecule has 0 aliphatic rings. The Bertz CT molecular complexity index is 1710. The molecule has 2 amide bonds. The van der Waals surface area contributed by atoms with Gasteiger partial charge in [0.1, 0.15) is 22.5 Å². The van der Waals surface area contributed by atoms with Crippen molar-refractivity contribution in [2.45, 2.75) is 37.1 Å². The van der Waals surface area contributed by atoms with Crippen molar-refractivity contribution in [2.24, 2.45) is 0 Å². The minimum atomic E-state index is -4.17. The van der Waals surface area contributed by atoms with Crippen LogP contribution in [-0.4, -0.2) is 52.8 Å². The molecule has 0 spiro atoms. The first-order valence-electron chi connectivity index (χ1n) is 11.7. The zero-order valence-corrected chi connectivity index (χ0v) is 22.8. The molecule has 0 atom stereocenters. The normalized spacial score (nSPS) is 11.5. The van der Waals surface area contributed by atoms with Gasteiger partial charge in [-0.15, -0.1) is 0 Å². The highest BCUT2D eigenvalue weighted by molar-refractivity contribution is 7.91. The molecule has 12 nitrogen and oxygen atoms in total. The van der Waals surface area contributed by atoms with Gasteiger partial charge in [0.2, 0.25) is 15.7 Å². The molecule has 4 aromatic rings. The lowest BCUT2D eigenvalue weighted by Gasteiger charge is -2.10. The highest BCUT2D eigenvalue weighted by atomic mass is 35.5. The van der Waals surface area contributed by atoms with Crippen LogP contribution in [0.4, 0.5) is 5.95 Å². The van der Waals surface area contributed by atoms with Gasteiger partial charge >= 0.3 is 5.95 Å². The summed E-state index contributed by atoms with van der Waals surface area (Å²) < 4.78 is 28.9. The number of hydrogen-bond donors (Lipinski definition) is 3. The third-order valence-electron chi connectivity index (χ3n) is 5.98. The zero-order chi connectivity index (χ0) is 28.5. The van der Waals surface area contributed by atoms with Gasteiger partial charge in [-0.25, -0.2) is 13.0 Å². The third-order valence-corrected chi connectivity index (χ3v) is 8.03. The summed E-state index contributed by atoms with van der Waals surface area (Å²) in [6, 6.07) is 9.47. The molecule has 4 rings (SSSR count). The van der Waals surface area contributed by atoms with E-state index >= 15 is 0 Å². The number of imidazole rings is 1. The number of aryl methyl sites for hydroxylation is 3. The van der Waals surface area contributed by atoms with Crippen LogP contribution < -0.4 is 10.6 Å². The SMILES string of the molecule is Cc1cc(C)cc(S(=O)(=O)c2c(C(=O)NCC(=O)NCCn3c(C)cnc3[N+](=O)[O-])[nH]c3ccc(Cl)cc23)c1. The zero-order valence-electron chi connectivity index (χ0n) is 21.2. The fourth-order valence-electron chi connectivity index (χ4n) is 4.27. The number of nitrogens with zero attached hydrogens (tertiary/aromatic N) is 3. The Morgan fingerprint density at radius 2 is 1.79 bits per heavy atom. The first-order valence-corrected chi connectivity index (χ1v) is 13.6.